The van der Waals surface area contributed by atoms with Gasteiger partial charge < -0.3 is 25.2 Å². The lowest BCUT2D eigenvalue weighted by Gasteiger charge is -2.22. The summed E-state index contributed by atoms with van der Waals surface area (Å²) in [6.45, 7) is 1.96. The zero-order valence-electron chi connectivity index (χ0n) is 20.5. The molecule has 0 heterocycles. The van der Waals surface area contributed by atoms with Crippen molar-refractivity contribution in [2.75, 3.05) is 0 Å². The largest absolute Gasteiger partial charge is 0.573 e. The normalized spacial score (nSPS) is 24.4. The third kappa shape index (κ3) is 10.3. The van der Waals surface area contributed by atoms with Crippen LogP contribution in [0.4, 0.5) is 13.2 Å². The van der Waals surface area contributed by atoms with Crippen molar-refractivity contribution in [3.63, 3.8) is 0 Å². The third-order valence-electron chi connectivity index (χ3n) is 6.53. The van der Waals surface area contributed by atoms with Gasteiger partial charge in [0.2, 0.25) is 0 Å². The number of aliphatic carboxylic acids is 1. The summed E-state index contributed by atoms with van der Waals surface area (Å²) in [5.41, 5.74) is 0.647. The summed E-state index contributed by atoms with van der Waals surface area (Å²) in [6, 6.07) is 5.80. The summed E-state index contributed by atoms with van der Waals surface area (Å²) in [5.74, 6) is -1.92. The zero-order chi connectivity index (χ0) is 26.7. The summed E-state index contributed by atoms with van der Waals surface area (Å²) < 4.78 is 41.8. The Morgan fingerprint density at radius 1 is 1.22 bits per heavy atom. The van der Waals surface area contributed by atoms with Gasteiger partial charge in [0.1, 0.15) is 5.75 Å². The van der Waals surface area contributed by atoms with E-state index in [9.17, 15) is 33.3 Å². The summed E-state index contributed by atoms with van der Waals surface area (Å²) in [4.78, 5) is 10.6. The summed E-state index contributed by atoms with van der Waals surface area (Å²) >= 11 is 0. The van der Waals surface area contributed by atoms with E-state index in [2.05, 4.69) is 4.74 Å². The number of alkyl halides is 3. The van der Waals surface area contributed by atoms with Crippen LogP contribution in [0, 0.1) is 11.8 Å². The van der Waals surface area contributed by atoms with Crippen LogP contribution in [-0.4, -0.2) is 51.1 Å². The lowest BCUT2D eigenvalue weighted by molar-refractivity contribution is -0.274. The Labute approximate surface area is 210 Å². The smallest absolute Gasteiger partial charge is 0.481 e. The number of carbonyl (C=O) groups is 1. The Morgan fingerprint density at radius 3 is 2.64 bits per heavy atom. The second-order valence-corrected chi connectivity index (χ2v) is 9.40. The number of ether oxygens (including phenoxy) is 1. The topological polar surface area (TPSA) is 107 Å². The van der Waals surface area contributed by atoms with E-state index in [1.807, 2.05) is 19.1 Å². The Kier molecular flexibility index (Phi) is 11.9. The molecule has 0 amide bonds. The molecule has 0 aliphatic heterocycles. The van der Waals surface area contributed by atoms with E-state index in [0.717, 1.165) is 6.42 Å². The van der Waals surface area contributed by atoms with E-state index < -0.39 is 30.6 Å². The monoisotopic (exact) mass is 514 g/mol. The molecule has 6 atom stereocenters. The Morgan fingerprint density at radius 2 is 1.97 bits per heavy atom. The molecule has 4 N–H and O–H groups in total. The van der Waals surface area contributed by atoms with Gasteiger partial charge >= 0.3 is 12.3 Å². The van der Waals surface area contributed by atoms with Crippen molar-refractivity contribution < 1.29 is 43.1 Å². The lowest BCUT2D eigenvalue weighted by Crippen LogP contribution is -2.20. The first-order valence-electron chi connectivity index (χ1n) is 12.4. The van der Waals surface area contributed by atoms with Gasteiger partial charge in [0.05, 0.1) is 18.3 Å². The summed E-state index contributed by atoms with van der Waals surface area (Å²) in [5, 5.41) is 40.2. The van der Waals surface area contributed by atoms with Gasteiger partial charge in [-0.3, -0.25) is 4.79 Å². The van der Waals surface area contributed by atoms with Crippen LogP contribution in [0.15, 0.2) is 48.6 Å². The van der Waals surface area contributed by atoms with Crippen molar-refractivity contribution in [3.8, 4) is 5.75 Å². The number of carboxylic acid groups (broad SMARTS) is 1. The first-order valence-corrected chi connectivity index (χ1v) is 12.4. The first kappa shape index (κ1) is 29.9. The summed E-state index contributed by atoms with van der Waals surface area (Å²) in [7, 11) is 0. The van der Waals surface area contributed by atoms with Crippen LogP contribution in [0.1, 0.15) is 69.8 Å². The highest BCUT2D eigenvalue weighted by atomic mass is 19.4. The quantitative estimate of drug-likeness (QED) is 0.197. The number of benzene rings is 1. The Hall–Kier alpha value is -2.36. The van der Waals surface area contributed by atoms with Crippen LogP contribution in [0.25, 0.3) is 0 Å². The Bertz CT molecular complexity index is 869. The van der Waals surface area contributed by atoms with Gasteiger partial charge in [-0.25, -0.2) is 0 Å². The fourth-order valence-corrected chi connectivity index (χ4v) is 4.81. The minimum Gasteiger partial charge on any atom is -0.481 e. The van der Waals surface area contributed by atoms with Crippen molar-refractivity contribution in [3.05, 3.63) is 54.1 Å². The predicted molar refractivity (Wildman–Crippen MR) is 129 cm³/mol. The lowest BCUT2D eigenvalue weighted by atomic mass is 9.87. The third-order valence-corrected chi connectivity index (χ3v) is 6.53. The fourth-order valence-electron chi connectivity index (χ4n) is 4.81. The maximum Gasteiger partial charge on any atom is 0.573 e. The van der Waals surface area contributed by atoms with Crippen LogP contribution < -0.4 is 4.74 Å². The molecule has 1 fully saturated rings. The average Bonchev–Trinajstić information content (AvgIpc) is 3.05. The molecule has 9 heteroatoms. The predicted octanol–water partition coefficient (Wildman–Crippen LogP) is 5.34. The first-order chi connectivity index (χ1) is 17.0. The van der Waals surface area contributed by atoms with Crippen molar-refractivity contribution in [2.24, 2.45) is 11.8 Å². The van der Waals surface area contributed by atoms with E-state index in [1.54, 1.807) is 18.2 Å². The number of aliphatic hydroxyl groups excluding tert-OH is 3. The molecule has 1 aromatic carbocycles. The molecule has 36 heavy (non-hydrogen) atoms. The number of unbranched alkanes of at least 4 members (excludes halogenated alkanes) is 1. The minimum atomic E-state index is -4.78. The molecule has 6 nitrogen and oxygen atoms in total. The van der Waals surface area contributed by atoms with Crippen LogP contribution >= 0.6 is 0 Å². The molecule has 1 aliphatic carbocycles. The van der Waals surface area contributed by atoms with Crippen LogP contribution in [0.5, 0.6) is 5.75 Å². The average molecular weight is 515 g/mol. The summed E-state index contributed by atoms with van der Waals surface area (Å²) in [6.07, 6.45) is 3.69. The minimum absolute atomic E-state index is 0.0943. The highest BCUT2D eigenvalue weighted by Gasteiger charge is 2.39. The number of hydrogen-bond donors (Lipinski definition) is 4. The molecule has 1 aromatic rings. The van der Waals surface area contributed by atoms with Crippen molar-refractivity contribution in [1.29, 1.82) is 0 Å². The number of rotatable bonds is 14. The van der Waals surface area contributed by atoms with E-state index in [1.165, 1.54) is 18.2 Å². The molecule has 202 valence electrons. The van der Waals surface area contributed by atoms with E-state index in [4.69, 9.17) is 5.11 Å². The highest BCUT2D eigenvalue weighted by molar-refractivity contribution is 5.66. The highest BCUT2D eigenvalue weighted by Crippen LogP contribution is 2.37. The van der Waals surface area contributed by atoms with Gasteiger partial charge in [-0.05, 0) is 61.6 Å². The number of aliphatic hydroxyl groups is 3. The number of allylic oxidation sites excluding steroid dienone is 2. The van der Waals surface area contributed by atoms with Crippen molar-refractivity contribution in [2.45, 2.75) is 88.9 Å². The van der Waals surface area contributed by atoms with E-state index >= 15 is 0 Å². The SMILES string of the molecule is CCCC(C[C@H](O)/C=C/[C@@H]1[C@@H](C/C=C\CCCC(=O)O)[C@@H](O)C[C@H]1O)c1cccc(OC(F)(F)F)c1. The molecule has 1 aliphatic rings. The molecule has 0 spiro atoms. The van der Waals surface area contributed by atoms with Gasteiger partial charge in [0.25, 0.3) is 0 Å². The second kappa shape index (κ2) is 14.4. The maximum atomic E-state index is 12.6. The number of hydrogen-bond acceptors (Lipinski definition) is 5. The molecular formula is C27H37F3O6. The molecule has 0 aromatic heterocycles. The van der Waals surface area contributed by atoms with Gasteiger partial charge in [0.15, 0.2) is 0 Å². The second-order valence-electron chi connectivity index (χ2n) is 9.40. The van der Waals surface area contributed by atoms with Gasteiger partial charge in [0, 0.05) is 18.8 Å². The van der Waals surface area contributed by atoms with Crippen molar-refractivity contribution in [1.82, 2.24) is 0 Å². The number of halogens is 3. The van der Waals surface area contributed by atoms with Gasteiger partial charge in [-0.2, -0.15) is 0 Å². The fraction of sp³-hybridized carbons (Fsp3) is 0.593. The number of carboxylic acids is 1. The molecule has 1 unspecified atom stereocenters. The molecular weight excluding hydrogens is 477 g/mol. The van der Waals surface area contributed by atoms with Gasteiger partial charge in [-0.1, -0.05) is 49.8 Å². The molecule has 0 radical (unpaired) electrons. The Balaban J connectivity index is 2.01. The van der Waals surface area contributed by atoms with Crippen LogP contribution in [-0.2, 0) is 4.79 Å². The van der Waals surface area contributed by atoms with Crippen LogP contribution in [0.3, 0.4) is 0 Å². The van der Waals surface area contributed by atoms with Gasteiger partial charge in [-0.15, -0.1) is 13.2 Å². The molecule has 1 saturated carbocycles. The molecule has 0 saturated heterocycles. The zero-order valence-corrected chi connectivity index (χ0v) is 20.5. The van der Waals surface area contributed by atoms with E-state index in [0.29, 0.717) is 37.7 Å². The molecule has 2 rings (SSSR count). The standard InChI is InChI=1S/C27H37F3O6/c1-2-8-18(19-9-7-10-21(16-19)36-27(28,29)30)15-20(31)13-14-23-22(24(32)17-25(23)33)11-5-3-4-6-12-26(34)35/h3,5,7,9-10,13-14,16,18,20,22-25,31-33H,2,4,6,8,11-12,15,17H2,1H3,(H,34,35)/b5-3-,14-13+/t18?,20-,22-,23-,24+,25-/m1/s1. The van der Waals surface area contributed by atoms with Crippen molar-refractivity contribution >= 4 is 5.97 Å². The maximum absolute atomic E-state index is 12.6. The van der Waals surface area contributed by atoms with Crippen LogP contribution in [0.2, 0.25) is 0 Å². The van der Waals surface area contributed by atoms with E-state index in [-0.39, 0.29) is 36.3 Å². The molecule has 0 bridgehead atoms.